The summed E-state index contributed by atoms with van der Waals surface area (Å²) in [5.74, 6) is 6.36. The van der Waals surface area contributed by atoms with Crippen LogP contribution in [0.25, 0.3) is 0 Å². The molecule has 1 nitrogen and oxygen atoms in total. The van der Waals surface area contributed by atoms with E-state index in [1.165, 1.54) is 51.4 Å². The number of fused-ring (bicyclic) bond motifs is 5. The van der Waals surface area contributed by atoms with E-state index in [9.17, 15) is 5.11 Å². The summed E-state index contributed by atoms with van der Waals surface area (Å²) >= 11 is 0. The zero-order valence-corrected chi connectivity index (χ0v) is 22.0. The first kappa shape index (κ1) is 23.8. The zero-order valence-electron chi connectivity index (χ0n) is 22.0. The third-order valence-electron chi connectivity index (χ3n) is 12.0. The molecule has 0 aromatic heterocycles. The summed E-state index contributed by atoms with van der Waals surface area (Å²) in [6, 6.07) is 0. The Balaban J connectivity index is 1.55. The highest BCUT2D eigenvalue weighted by Crippen LogP contribution is 2.68. The minimum Gasteiger partial charge on any atom is -0.393 e. The van der Waals surface area contributed by atoms with Crippen LogP contribution in [-0.2, 0) is 0 Å². The van der Waals surface area contributed by atoms with Crippen molar-refractivity contribution >= 4 is 0 Å². The number of aliphatic hydroxyl groups excluding tert-OH is 1. The average Bonchev–Trinajstić information content (AvgIpc) is 3.07. The number of rotatable bonds is 4. The van der Waals surface area contributed by atoms with Gasteiger partial charge in [-0.05, 0) is 123 Å². The van der Waals surface area contributed by atoms with Crippen molar-refractivity contribution in [3.05, 3.63) is 11.1 Å². The maximum atomic E-state index is 10.6. The Hall–Kier alpha value is -0.300. The van der Waals surface area contributed by atoms with Crippen molar-refractivity contribution < 1.29 is 5.11 Å². The average molecular weight is 429 g/mol. The lowest BCUT2D eigenvalue weighted by Gasteiger charge is -2.62. The normalized spacial score (nSPS) is 48.6. The summed E-state index contributed by atoms with van der Waals surface area (Å²) in [5, 5.41) is 10.6. The van der Waals surface area contributed by atoms with E-state index >= 15 is 0 Å². The van der Waals surface area contributed by atoms with E-state index in [2.05, 4.69) is 55.4 Å². The molecule has 178 valence electrons. The Morgan fingerprint density at radius 3 is 2.32 bits per heavy atom. The van der Waals surface area contributed by atoms with Crippen molar-refractivity contribution in [3.8, 4) is 0 Å². The van der Waals surface area contributed by atoms with Gasteiger partial charge in [0, 0.05) is 0 Å². The highest BCUT2D eigenvalue weighted by Gasteiger charge is 2.60. The van der Waals surface area contributed by atoms with Crippen molar-refractivity contribution in [2.75, 3.05) is 0 Å². The van der Waals surface area contributed by atoms with Crippen LogP contribution in [0.1, 0.15) is 113 Å². The molecule has 0 heterocycles. The molecule has 0 bridgehead atoms. The summed E-state index contributed by atoms with van der Waals surface area (Å²) < 4.78 is 0. The van der Waals surface area contributed by atoms with Crippen molar-refractivity contribution in [1.82, 2.24) is 0 Å². The second-order valence-corrected chi connectivity index (χ2v) is 13.6. The van der Waals surface area contributed by atoms with E-state index in [0.717, 1.165) is 47.8 Å². The van der Waals surface area contributed by atoms with Crippen LogP contribution < -0.4 is 0 Å². The Labute approximate surface area is 193 Å². The Bertz CT molecular complexity index is 691. The van der Waals surface area contributed by atoms with Crippen LogP contribution in [0.4, 0.5) is 0 Å². The van der Waals surface area contributed by atoms with Crippen LogP contribution in [0.3, 0.4) is 0 Å². The highest BCUT2D eigenvalue weighted by molar-refractivity contribution is 5.28. The smallest absolute Gasteiger partial charge is 0.0568 e. The zero-order chi connectivity index (χ0) is 22.7. The molecular formula is C30H52O. The van der Waals surface area contributed by atoms with E-state index in [0.29, 0.717) is 16.7 Å². The van der Waals surface area contributed by atoms with Crippen LogP contribution >= 0.6 is 0 Å². The van der Waals surface area contributed by atoms with Gasteiger partial charge in [0.15, 0.2) is 0 Å². The van der Waals surface area contributed by atoms with Gasteiger partial charge in [0.25, 0.3) is 0 Å². The van der Waals surface area contributed by atoms with Crippen LogP contribution in [0.2, 0.25) is 0 Å². The lowest BCUT2D eigenvalue weighted by molar-refractivity contribution is -0.140. The minimum atomic E-state index is -0.0534. The van der Waals surface area contributed by atoms with Gasteiger partial charge < -0.3 is 5.11 Å². The first-order valence-electron chi connectivity index (χ1n) is 13.9. The van der Waals surface area contributed by atoms with Gasteiger partial charge in [-0.25, -0.2) is 0 Å². The number of hydrogen-bond acceptors (Lipinski definition) is 1. The maximum Gasteiger partial charge on any atom is 0.0568 e. The molecule has 4 saturated carbocycles. The van der Waals surface area contributed by atoms with Gasteiger partial charge in [0.2, 0.25) is 0 Å². The molecule has 10 unspecified atom stereocenters. The fourth-order valence-corrected chi connectivity index (χ4v) is 9.67. The maximum absolute atomic E-state index is 10.6. The van der Waals surface area contributed by atoms with E-state index in [-0.39, 0.29) is 6.10 Å². The predicted molar refractivity (Wildman–Crippen MR) is 133 cm³/mol. The second kappa shape index (κ2) is 8.48. The molecule has 1 N–H and O–H groups in total. The third-order valence-corrected chi connectivity index (χ3v) is 12.0. The van der Waals surface area contributed by atoms with Crippen molar-refractivity contribution in [1.29, 1.82) is 0 Å². The van der Waals surface area contributed by atoms with Crippen molar-refractivity contribution in [2.24, 2.45) is 58.2 Å². The van der Waals surface area contributed by atoms with Gasteiger partial charge in [-0.15, -0.1) is 0 Å². The Kier molecular flexibility index (Phi) is 6.53. The first-order chi connectivity index (χ1) is 14.5. The molecule has 0 saturated heterocycles. The van der Waals surface area contributed by atoms with Crippen LogP contribution in [0.15, 0.2) is 11.1 Å². The van der Waals surface area contributed by atoms with Gasteiger partial charge in [0.05, 0.1) is 6.10 Å². The molecule has 4 rings (SSSR count). The van der Waals surface area contributed by atoms with Crippen molar-refractivity contribution in [3.63, 3.8) is 0 Å². The largest absolute Gasteiger partial charge is 0.393 e. The summed E-state index contributed by atoms with van der Waals surface area (Å²) in [7, 11) is 0. The molecule has 4 fully saturated rings. The summed E-state index contributed by atoms with van der Waals surface area (Å²) in [6.45, 7) is 19.9. The van der Waals surface area contributed by atoms with E-state index in [1.54, 1.807) is 5.57 Å². The van der Waals surface area contributed by atoms with Gasteiger partial charge in [-0.3, -0.25) is 0 Å². The van der Waals surface area contributed by atoms with E-state index in [4.69, 9.17) is 0 Å². The second-order valence-electron chi connectivity index (χ2n) is 13.6. The lowest BCUT2D eigenvalue weighted by Crippen LogP contribution is -2.55. The summed E-state index contributed by atoms with van der Waals surface area (Å²) in [4.78, 5) is 0. The van der Waals surface area contributed by atoms with E-state index < -0.39 is 0 Å². The van der Waals surface area contributed by atoms with Gasteiger partial charge >= 0.3 is 0 Å². The molecule has 4 aliphatic rings. The summed E-state index contributed by atoms with van der Waals surface area (Å²) in [5.41, 5.74) is 4.57. The molecule has 1 heteroatoms. The molecule has 31 heavy (non-hydrogen) atoms. The van der Waals surface area contributed by atoms with Gasteiger partial charge in [0.1, 0.15) is 0 Å². The minimum absolute atomic E-state index is 0.0534. The standard InChI is InChI=1S/C30H52O/c1-18(2)21(5)19(3)17-20(4)24-11-12-26-23-9-10-25-22(6)28(31)14-16-30(25,8)27(23)13-15-29(24,26)7/h18-19,21-23,25-28,31H,9-17H2,1-8H3. The molecular weight excluding hydrogens is 376 g/mol. The quantitative estimate of drug-likeness (QED) is 0.447. The lowest BCUT2D eigenvalue weighted by atomic mass is 9.43. The van der Waals surface area contributed by atoms with E-state index in [1.807, 2.05) is 5.57 Å². The fraction of sp³-hybridized carbons (Fsp3) is 0.933. The first-order valence-corrected chi connectivity index (χ1v) is 13.9. The van der Waals surface area contributed by atoms with Gasteiger partial charge in [-0.1, -0.05) is 59.6 Å². The monoisotopic (exact) mass is 428 g/mol. The van der Waals surface area contributed by atoms with Crippen LogP contribution in [-0.4, -0.2) is 11.2 Å². The number of hydrogen-bond donors (Lipinski definition) is 1. The predicted octanol–water partition coefficient (Wildman–Crippen LogP) is 8.27. The van der Waals surface area contributed by atoms with Gasteiger partial charge in [-0.2, -0.15) is 0 Å². The molecule has 4 aliphatic carbocycles. The topological polar surface area (TPSA) is 20.2 Å². The van der Waals surface area contributed by atoms with Crippen molar-refractivity contribution in [2.45, 2.75) is 119 Å². The molecule has 0 aromatic rings. The molecule has 0 aromatic carbocycles. The Morgan fingerprint density at radius 1 is 0.935 bits per heavy atom. The molecule has 0 amide bonds. The molecule has 10 atom stereocenters. The Morgan fingerprint density at radius 2 is 1.65 bits per heavy atom. The number of aliphatic hydroxyl groups is 1. The highest BCUT2D eigenvalue weighted by atomic mass is 16.3. The summed E-state index contributed by atoms with van der Waals surface area (Å²) in [6.07, 6.45) is 12.0. The molecule has 0 radical (unpaired) electrons. The number of allylic oxidation sites excluding steroid dienone is 2. The van der Waals surface area contributed by atoms with Crippen LogP contribution in [0, 0.1) is 58.2 Å². The molecule has 0 spiro atoms. The molecule has 0 aliphatic heterocycles. The fourth-order valence-electron chi connectivity index (χ4n) is 9.67. The third kappa shape index (κ3) is 3.77. The van der Waals surface area contributed by atoms with Crippen LogP contribution in [0.5, 0.6) is 0 Å². The SMILES string of the molecule is CC(CC(C)C(C)C(C)C)=C1CCC2C3CCC4C(C)C(O)CCC4(C)C3CCC12C.